The number of halogens is 4. The lowest BCUT2D eigenvalue weighted by Gasteiger charge is -2.34. The largest absolute Gasteiger partial charge is 0.416 e. The summed E-state index contributed by atoms with van der Waals surface area (Å²) >= 11 is 0. The molecule has 1 aliphatic rings. The number of rotatable bonds is 2. The number of hydrogen-bond acceptors (Lipinski definition) is 4. The molecule has 1 aliphatic heterocycles. The predicted octanol–water partition coefficient (Wildman–Crippen LogP) is 3.59. The quantitative estimate of drug-likeness (QED) is 0.659. The van der Waals surface area contributed by atoms with Crippen LogP contribution in [0.25, 0.3) is 11.5 Å². The van der Waals surface area contributed by atoms with Gasteiger partial charge in [0.1, 0.15) is 23.2 Å². The molecule has 0 bridgehead atoms. The van der Waals surface area contributed by atoms with Crippen molar-refractivity contribution in [2.24, 2.45) is 0 Å². The number of H-pyrrole nitrogens is 1. The van der Waals surface area contributed by atoms with Crippen LogP contribution >= 0.6 is 0 Å². The summed E-state index contributed by atoms with van der Waals surface area (Å²) in [6, 6.07) is 3.85. The summed E-state index contributed by atoms with van der Waals surface area (Å²) in [6.07, 6.45) is -3.49. The Morgan fingerprint density at radius 1 is 1.21 bits per heavy atom. The molecule has 1 aromatic carbocycles. The van der Waals surface area contributed by atoms with Crippen LogP contribution in [0.2, 0.25) is 0 Å². The van der Waals surface area contributed by atoms with Gasteiger partial charge in [0.25, 0.3) is 5.56 Å². The maximum atomic E-state index is 14.7. The average Bonchev–Trinajstić information content (AvgIpc) is 3.05. The molecule has 152 valence electrons. The summed E-state index contributed by atoms with van der Waals surface area (Å²) in [5.41, 5.74) is -1.88. The number of nitrogens with one attached hydrogen (secondary N) is 1. The van der Waals surface area contributed by atoms with E-state index in [4.69, 9.17) is 0 Å². The first-order valence-corrected chi connectivity index (χ1v) is 8.99. The molecule has 3 aromatic rings. The Kier molecular flexibility index (Phi) is 4.32. The smallest absolute Gasteiger partial charge is 0.311 e. The fourth-order valence-corrected chi connectivity index (χ4v) is 3.90. The highest BCUT2D eigenvalue weighted by Gasteiger charge is 2.41. The summed E-state index contributed by atoms with van der Waals surface area (Å²) in [4.78, 5) is 18.6. The summed E-state index contributed by atoms with van der Waals surface area (Å²) in [5, 5.41) is 8.36. The van der Waals surface area contributed by atoms with Gasteiger partial charge in [-0.05, 0) is 38.8 Å². The minimum atomic E-state index is -4.62. The zero-order valence-electron chi connectivity index (χ0n) is 15.6. The van der Waals surface area contributed by atoms with Gasteiger partial charge in [0, 0.05) is 18.2 Å². The van der Waals surface area contributed by atoms with Crippen molar-refractivity contribution in [3.63, 3.8) is 0 Å². The number of aromatic nitrogens is 5. The van der Waals surface area contributed by atoms with Crippen LogP contribution in [0.5, 0.6) is 0 Å². The van der Waals surface area contributed by atoms with Gasteiger partial charge in [0.2, 0.25) is 0 Å². The molecule has 2 aromatic heterocycles. The van der Waals surface area contributed by atoms with Gasteiger partial charge in [-0.25, -0.2) is 9.37 Å². The van der Waals surface area contributed by atoms with E-state index in [1.165, 1.54) is 6.07 Å². The normalized spacial score (nSPS) is 19.2. The van der Waals surface area contributed by atoms with E-state index in [0.29, 0.717) is 48.6 Å². The fraction of sp³-hybridized carbons (Fsp3) is 0.368. The second kappa shape index (κ2) is 6.50. The maximum absolute atomic E-state index is 14.7. The molecule has 1 N–H and O–H groups in total. The van der Waals surface area contributed by atoms with Gasteiger partial charge in [-0.1, -0.05) is 6.07 Å². The topological polar surface area (TPSA) is 76.5 Å². The lowest BCUT2D eigenvalue weighted by molar-refractivity contribution is -0.137. The van der Waals surface area contributed by atoms with Gasteiger partial charge in [0.05, 0.1) is 11.0 Å². The first-order valence-electron chi connectivity index (χ1n) is 8.99. The standard InChI is InChI=1S/C19H17F4N5O/c1-10-24-14(9-15(29)25-10)16-26-27-17-18(2,6-3-7-28(16)17)12-5-4-11(8-13(12)20)19(21,22)23/h4-5,8-9H,3,6-7H2,1-2H3,(H,24,25,29). The van der Waals surface area contributed by atoms with E-state index in [2.05, 4.69) is 20.2 Å². The van der Waals surface area contributed by atoms with Crippen LogP contribution in [-0.2, 0) is 18.1 Å². The van der Waals surface area contributed by atoms with Crippen LogP contribution in [0, 0.1) is 12.7 Å². The molecule has 1 unspecified atom stereocenters. The Morgan fingerprint density at radius 3 is 2.62 bits per heavy atom. The molecule has 0 aliphatic carbocycles. The lowest BCUT2D eigenvalue weighted by atomic mass is 9.75. The van der Waals surface area contributed by atoms with E-state index in [9.17, 15) is 22.4 Å². The van der Waals surface area contributed by atoms with Crippen LogP contribution in [0.4, 0.5) is 17.6 Å². The number of aryl methyl sites for hydroxylation is 1. The van der Waals surface area contributed by atoms with Crippen LogP contribution in [0.15, 0.2) is 29.1 Å². The molecule has 3 heterocycles. The minimum Gasteiger partial charge on any atom is -0.311 e. The Morgan fingerprint density at radius 2 is 1.97 bits per heavy atom. The number of nitrogens with zero attached hydrogens (tertiary/aromatic N) is 4. The molecular formula is C19H17F4N5O. The van der Waals surface area contributed by atoms with Gasteiger partial charge in [-0.2, -0.15) is 13.2 Å². The third-order valence-corrected chi connectivity index (χ3v) is 5.28. The zero-order chi connectivity index (χ0) is 21.0. The van der Waals surface area contributed by atoms with Crippen LogP contribution in [0.1, 0.15) is 42.5 Å². The van der Waals surface area contributed by atoms with Crippen LogP contribution in [0.3, 0.4) is 0 Å². The summed E-state index contributed by atoms with van der Waals surface area (Å²) < 4.78 is 55.2. The lowest BCUT2D eigenvalue weighted by Crippen LogP contribution is -2.34. The van der Waals surface area contributed by atoms with Crippen molar-refractivity contribution in [2.45, 2.75) is 44.8 Å². The van der Waals surface area contributed by atoms with Crippen molar-refractivity contribution in [3.05, 3.63) is 63.2 Å². The molecule has 0 saturated carbocycles. The van der Waals surface area contributed by atoms with Crippen molar-refractivity contribution in [2.75, 3.05) is 0 Å². The van der Waals surface area contributed by atoms with Crippen LogP contribution < -0.4 is 5.56 Å². The third-order valence-electron chi connectivity index (χ3n) is 5.28. The van der Waals surface area contributed by atoms with Crippen LogP contribution in [-0.4, -0.2) is 24.7 Å². The maximum Gasteiger partial charge on any atom is 0.416 e. The Balaban J connectivity index is 1.84. The minimum absolute atomic E-state index is 0.125. The zero-order valence-corrected chi connectivity index (χ0v) is 15.6. The Labute approximate surface area is 162 Å². The van der Waals surface area contributed by atoms with Crippen molar-refractivity contribution < 1.29 is 17.6 Å². The molecule has 0 fully saturated rings. The van der Waals surface area contributed by atoms with Gasteiger partial charge in [-0.3, -0.25) is 4.79 Å². The summed E-state index contributed by atoms with van der Waals surface area (Å²) in [6.45, 7) is 3.90. The first-order chi connectivity index (χ1) is 13.6. The van der Waals surface area contributed by atoms with E-state index in [1.54, 1.807) is 18.4 Å². The number of benzene rings is 1. The average molecular weight is 407 g/mol. The van der Waals surface area contributed by atoms with Gasteiger partial charge < -0.3 is 9.55 Å². The van der Waals surface area contributed by atoms with Crippen molar-refractivity contribution in [1.82, 2.24) is 24.7 Å². The highest BCUT2D eigenvalue weighted by molar-refractivity contribution is 5.50. The fourth-order valence-electron chi connectivity index (χ4n) is 3.90. The molecule has 0 spiro atoms. The number of hydrogen-bond donors (Lipinski definition) is 1. The second-order valence-corrected chi connectivity index (χ2v) is 7.34. The van der Waals surface area contributed by atoms with Gasteiger partial charge in [0.15, 0.2) is 5.82 Å². The van der Waals surface area contributed by atoms with Crippen molar-refractivity contribution in [1.29, 1.82) is 0 Å². The van der Waals surface area contributed by atoms with Crippen molar-refractivity contribution >= 4 is 0 Å². The van der Waals surface area contributed by atoms with E-state index < -0.39 is 23.0 Å². The molecule has 4 rings (SSSR count). The number of aromatic amines is 1. The highest BCUT2D eigenvalue weighted by atomic mass is 19.4. The highest BCUT2D eigenvalue weighted by Crippen LogP contribution is 2.42. The first kappa shape index (κ1) is 19.3. The molecular weight excluding hydrogens is 390 g/mol. The van der Waals surface area contributed by atoms with E-state index in [-0.39, 0.29) is 11.1 Å². The summed E-state index contributed by atoms with van der Waals surface area (Å²) in [5.74, 6) is 0.271. The van der Waals surface area contributed by atoms with Crippen molar-refractivity contribution in [3.8, 4) is 11.5 Å². The molecule has 0 amide bonds. The Hall–Kier alpha value is -3.04. The molecule has 0 radical (unpaired) electrons. The van der Waals surface area contributed by atoms with E-state index >= 15 is 0 Å². The third kappa shape index (κ3) is 3.22. The van der Waals surface area contributed by atoms with Gasteiger partial charge >= 0.3 is 6.18 Å². The van der Waals surface area contributed by atoms with E-state index in [1.807, 2.05) is 0 Å². The Bertz CT molecular complexity index is 1150. The SMILES string of the molecule is Cc1nc(-c2nnc3n2CCCC3(C)c2ccc(C(F)(F)F)cc2F)cc(=O)[nH]1. The van der Waals surface area contributed by atoms with E-state index in [0.717, 1.165) is 12.1 Å². The molecule has 6 nitrogen and oxygen atoms in total. The molecule has 0 saturated heterocycles. The monoisotopic (exact) mass is 407 g/mol. The molecule has 10 heteroatoms. The summed E-state index contributed by atoms with van der Waals surface area (Å²) in [7, 11) is 0. The molecule has 29 heavy (non-hydrogen) atoms. The number of fused-ring (bicyclic) bond motifs is 1. The molecule has 1 atom stereocenters. The predicted molar refractivity (Wildman–Crippen MR) is 95.7 cm³/mol. The second-order valence-electron chi connectivity index (χ2n) is 7.34. The van der Waals surface area contributed by atoms with Gasteiger partial charge in [-0.15, -0.1) is 10.2 Å². The number of alkyl halides is 3.